The van der Waals surface area contributed by atoms with Gasteiger partial charge in [0.1, 0.15) is 17.1 Å². The average Bonchev–Trinajstić information content (AvgIpc) is 2.95. The molecule has 3 heterocycles. The number of benzene rings is 1. The second-order valence-corrected chi connectivity index (χ2v) is 8.04. The van der Waals surface area contributed by atoms with Gasteiger partial charge in [-0.25, -0.2) is 8.78 Å². The molecular formula is C20H24F2N2O4. The molecule has 1 aromatic carbocycles. The minimum Gasteiger partial charge on any atom is -0.493 e. The maximum atomic E-state index is 14.1. The normalized spacial score (nSPS) is 23.2. The number of carbonyl (C=O) groups excluding carboxylic acids is 1. The maximum Gasteiger partial charge on any atom is 0.280 e. The first-order valence-electron chi connectivity index (χ1n) is 9.41. The average molecular weight is 394 g/mol. The van der Waals surface area contributed by atoms with Crippen LogP contribution in [0.5, 0.6) is 5.75 Å². The Labute approximate surface area is 161 Å². The van der Waals surface area contributed by atoms with Gasteiger partial charge in [0.25, 0.3) is 11.8 Å². The van der Waals surface area contributed by atoms with Gasteiger partial charge in [0, 0.05) is 10.8 Å². The molecule has 0 bridgehead atoms. The highest BCUT2D eigenvalue weighted by molar-refractivity contribution is 6.07. The number of fused-ring (bicyclic) bond motifs is 1. The molecule has 2 saturated heterocycles. The molecule has 2 fully saturated rings. The van der Waals surface area contributed by atoms with E-state index in [1.807, 2.05) is 0 Å². The number of nitrogens with one attached hydrogen (secondary N) is 2. The van der Waals surface area contributed by atoms with Crippen molar-refractivity contribution in [3.05, 3.63) is 29.5 Å². The van der Waals surface area contributed by atoms with Crippen LogP contribution >= 0.6 is 0 Å². The van der Waals surface area contributed by atoms with Crippen molar-refractivity contribution in [1.82, 2.24) is 10.6 Å². The third-order valence-electron chi connectivity index (χ3n) is 5.34. The van der Waals surface area contributed by atoms with Gasteiger partial charge in [0.15, 0.2) is 0 Å². The van der Waals surface area contributed by atoms with Crippen molar-refractivity contribution in [3.63, 3.8) is 0 Å². The predicted octanol–water partition coefficient (Wildman–Crippen LogP) is 2.88. The number of hydrogen-bond donors (Lipinski definition) is 2. The van der Waals surface area contributed by atoms with Gasteiger partial charge < -0.3 is 24.5 Å². The van der Waals surface area contributed by atoms with E-state index in [4.69, 9.17) is 13.9 Å². The summed E-state index contributed by atoms with van der Waals surface area (Å²) in [4.78, 5) is 12.8. The molecule has 28 heavy (non-hydrogen) atoms. The Morgan fingerprint density at radius 2 is 2.18 bits per heavy atom. The van der Waals surface area contributed by atoms with E-state index in [0.717, 1.165) is 0 Å². The van der Waals surface area contributed by atoms with E-state index in [2.05, 4.69) is 17.6 Å². The number of rotatable bonds is 5. The van der Waals surface area contributed by atoms with Crippen molar-refractivity contribution >= 4 is 16.9 Å². The highest BCUT2D eigenvalue weighted by Crippen LogP contribution is 2.32. The molecule has 2 aromatic rings. The molecule has 0 spiro atoms. The highest BCUT2D eigenvalue weighted by atomic mass is 19.3. The number of amides is 1. The Kier molecular flexibility index (Phi) is 4.79. The van der Waals surface area contributed by atoms with Gasteiger partial charge in [-0.05, 0) is 38.1 Å². The van der Waals surface area contributed by atoms with Crippen LogP contribution in [-0.2, 0) is 4.74 Å². The summed E-state index contributed by atoms with van der Waals surface area (Å²) in [7, 11) is 0. The fraction of sp³-hybridized carbons (Fsp3) is 0.550. The molecule has 1 aromatic heterocycles. The topological polar surface area (TPSA) is 72.7 Å². The Hall–Kier alpha value is -2.19. The fourth-order valence-corrected chi connectivity index (χ4v) is 3.61. The summed E-state index contributed by atoms with van der Waals surface area (Å²) in [5.41, 5.74) is 0.778. The largest absolute Gasteiger partial charge is 0.493 e. The molecule has 152 valence electrons. The van der Waals surface area contributed by atoms with E-state index in [0.29, 0.717) is 48.8 Å². The third-order valence-corrected chi connectivity index (χ3v) is 5.34. The van der Waals surface area contributed by atoms with E-state index in [-0.39, 0.29) is 17.4 Å². The second kappa shape index (κ2) is 7.00. The molecule has 0 saturated carbocycles. The summed E-state index contributed by atoms with van der Waals surface area (Å²) in [6.45, 7) is 5.53. The third kappa shape index (κ3) is 3.58. The van der Waals surface area contributed by atoms with E-state index in [1.54, 1.807) is 25.1 Å². The minimum atomic E-state index is -2.99. The Morgan fingerprint density at radius 1 is 1.39 bits per heavy atom. The van der Waals surface area contributed by atoms with Gasteiger partial charge in [-0.2, -0.15) is 0 Å². The summed E-state index contributed by atoms with van der Waals surface area (Å²) >= 11 is 0. The molecule has 1 amide bonds. The maximum absolute atomic E-state index is 14.1. The number of halogens is 2. The number of aryl methyl sites for hydroxylation is 1. The van der Waals surface area contributed by atoms with Crippen molar-refractivity contribution < 1.29 is 27.5 Å². The molecule has 0 aliphatic carbocycles. The van der Waals surface area contributed by atoms with Crippen molar-refractivity contribution in [2.75, 3.05) is 32.9 Å². The lowest BCUT2D eigenvalue weighted by atomic mass is 9.90. The Morgan fingerprint density at radius 3 is 2.86 bits per heavy atom. The smallest absolute Gasteiger partial charge is 0.280 e. The van der Waals surface area contributed by atoms with Crippen LogP contribution in [0.25, 0.3) is 11.0 Å². The van der Waals surface area contributed by atoms with Crippen LogP contribution in [0.4, 0.5) is 8.78 Å². The van der Waals surface area contributed by atoms with Gasteiger partial charge >= 0.3 is 0 Å². The molecule has 1 atom stereocenters. The molecule has 2 aliphatic rings. The first-order chi connectivity index (χ1) is 13.3. The van der Waals surface area contributed by atoms with Crippen molar-refractivity contribution in [2.24, 2.45) is 5.41 Å². The van der Waals surface area contributed by atoms with Crippen molar-refractivity contribution in [2.45, 2.75) is 32.2 Å². The number of hydrogen-bond acceptors (Lipinski definition) is 5. The quantitative estimate of drug-likeness (QED) is 0.816. The molecule has 4 rings (SSSR count). The van der Waals surface area contributed by atoms with Crippen LogP contribution in [0.15, 0.2) is 22.6 Å². The summed E-state index contributed by atoms with van der Waals surface area (Å²) in [5, 5.41) is 5.70. The van der Waals surface area contributed by atoms with Crippen LogP contribution in [0, 0.1) is 12.3 Å². The molecule has 2 N–H and O–H groups in total. The van der Waals surface area contributed by atoms with Crippen molar-refractivity contribution in [1.29, 1.82) is 0 Å². The number of ether oxygens (including phenoxy) is 2. The number of furan rings is 1. The van der Waals surface area contributed by atoms with Gasteiger partial charge in [-0.3, -0.25) is 4.79 Å². The summed E-state index contributed by atoms with van der Waals surface area (Å²) in [6.07, 6.45) is 0.169. The van der Waals surface area contributed by atoms with Gasteiger partial charge in [-0.1, -0.05) is 6.92 Å². The van der Waals surface area contributed by atoms with E-state index < -0.39 is 24.4 Å². The zero-order valence-electron chi connectivity index (χ0n) is 15.9. The zero-order chi connectivity index (χ0) is 19.9. The van der Waals surface area contributed by atoms with Crippen LogP contribution in [0.2, 0.25) is 0 Å². The molecule has 8 heteroatoms. The Balaban J connectivity index is 1.56. The van der Waals surface area contributed by atoms with E-state index >= 15 is 0 Å². The molecule has 1 unspecified atom stereocenters. The predicted molar refractivity (Wildman–Crippen MR) is 99.1 cm³/mol. The summed E-state index contributed by atoms with van der Waals surface area (Å²) < 4.78 is 44.9. The standard InChI is InChI=1S/C20H24F2N2O4/c1-12-17(18(25)24-16-5-6-23-8-20(16,21)22)14-7-13(3-4-15(14)28-12)27-11-19(2)9-26-10-19/h3-4,7,16,23H,5-6,8-11H2,1-2H3,(H,24,25). The molecular weight excluding hydrogens is 370 g/mol. The number of carbonyl (C=O) groups is 1. The van der Waals surface area contributed by atoms with Crippen LogP contribution in [0.1, 0.15) is 29.5 Å². The first kappa shape index (κ1) is 19.1. The monoisotopic (exact) mass is 394 g/mol. The minimum absolute atomic E-state index is 0.0118. The van der Waals surface area contributed by atoms with Gasteiger partial charge in [0.05, 0.1) is 38.0 Å². The van der Waals surface area contributed by atoms with E-state index in [9.17, 15) is 13.6 Å². The van der Waals surface area contributed by atoms with Crippen LogP contribution < -0.4 is 15.4 Å². The SMILES string of the molecule is Cc1oc2ccc(OCC3(C)COC3)cc2c1C(=O)NC1CCNCC1(F)F. The molecule has 6 nitrogen and oxygen atoms in total. The summed E-state index contributed by atoms with van der Waals surface area (Å²) in [6, 6.07) is 4.03. The van der Waals surface area contributed by atoms with Crippen molar-refractivity contribution in [3.8, 4) is 5.75 Å². The number of alkyl halides is 2. The lowest BCUT2D eigenvalue weighted by Gasteiger charge is -2.37. The summed E-state index contributed by atoms with van der Waals surface area (Å²) in [5.74, 6) is -2.56. The van der Waals surface area contributed by atoms with Gasteiger partial charge in [0.2, 0.25) is 0 Å². The molecule has 2 aliphatic heterocycles. The Bertz CT molecular complexity index is 892. The number of piperidine rings is 1. The highest BCUT2D eigenvalue weighted by Gasteiger charge is 2.43. The van der Waals surface area contributed by atoms with Crippen LogP contribution in [0.3, 0.4) is 0 Å². The lowest BCUT2D eigenvalue weighted by molar-refractivity contribution is -0.120. The van der Waals surface area contributed by atoms with Gasteiger partial charge in [-0.15, -0.1) is 0 Å². The first-order valence-corrected chi connectivity index (χ1v) is 9.41. The fourth-order valence-electron chi connectivity index (χ4n) is 3.61. The van der Waals surface area contributed by atoms with Crippen LogP contribution in [-0.4, -0.2) is 50.8 Å². The lowest BCUT2D eigenvalue weighted by Crippen LogP contribution is -2.57. The van der Waals surface area contributed by atoms with E-state index in [1.165, 1.54) is 0 Å². The second-order valence-electron chi connectivity index (χ2n) is 8.04. The molecule has 0 radical (unpaired) electrons. The zero-order valence-corrected chi connectivity index (χ0v) is 15.9.